The highest BCUT2D eigenvalue weighted by Crippen LogP contribution is 2.26. The first-order valence-corrected chi connectivity index (χ1v) is 7.02. The predicted molar refractivity (Wildman–Crippen MR) is 77.6 cm³/mol. The second-order valence-electron chi connectivity index (χ2n) is 5.44. The Bertz CT molecular complexity index is 668. The van der Waals surface area contributed by atoms with Crippen LogP contribution in [0.4, 0.5) is 0 Å². The van der Waals surface area contributed by atoms with Crippen molar-refractivity contribution in [3.05, 3.63) is 36.0 Å². The highest BCUT2D eigenvalue weighted by molar-refractivity contribution is 6.09. The van der Waals surface area contributed by atoms with Gasteiger partial charge >= 0.3 is 0 Å². The first-order chi connectivity index (χ1) is 9.66. The average molecular weight is 270 g/mol. The minimum atomic E-state index is -0.0329. The van der Waals surface area contributed by atoms with Gasteiger partial charge in [0.15, 0.2) is 5.78 Å². The number of carbonyl (C=O) groups excluding carboxylic acids is 2. The lowest BCUT2D eigenvalue weighted by Gasteiger charge is -2.23. The van der Waals surface area contributed by atoms with Crippen molar-refractivity contribution in [3.8, 4) is 0 Å². The monoisotopic (exact) mass is 270 g/mol. The molecule has 0 aliphatic heterocycles. The summed E-state index contributed by atoms with van der Waals surface area (Å²) in [7, 11) is 1.92. The zero-order valence-corrected chi connectivity index (χ0v) is 11.6. The molecule has 0 unspecified atom stereocenters. The second kappa shape index (κ2) is 5.12. The summed E-state index contributed by atoms with van der Waals surface area (Å²) in [6.45, 7) is 0.0866. The number of ketones is 1. The van der Waals surface area contributed by atoms with E-state index in [2.05, 4.69) is 5.32 Å². The van der Waals surface area contributed by atoms with E-state index in [1.165, 1.54) is 0 Å². The first kappa shape index (κ1) is 12.9. The molecule has 1 N–H and O–H groups in total. The Morgan fingerprint density at radius 1 is 1.30 bits per heavy atom. The fourth-order valence-electron chi connectivity index (χ4n) is 2.64. The Morgan fingerprint density at radius 3 is 2.75 bits per heavy atom. The molecule has 1 fully saturated rings. The van der Waals surface area contributed by atoms with Crippen LogP contribution in [0.2, 0.25) is 0 Å². The third-order valence-electron chi connectivity index (χ3n) is 4.10. The van der Waals surface area contributed by atoms with E-state index in [9.17, 15) is 9.59 Å². The molecule has 2 aromatic rings. The first-order valence-electron chi connectivity index (χ1n) is 7.02. The van der Waals surface area contributed by atoms with Gasteiger partial charge in [-0.1, -0.05) is 24.6 Å². The second-order valence-corrected chi connectivity index (χ2v) is 5.44. The minimum Gasteiger partial charge on any atom is -0.350 e. The lowest BCUT2D eigenvalue weighted by molar-refractivity contribution is -0.127. The number of Topliss-reactive ketones (excluding diaryl/α,β-unsaturated/α-hetero) is 1. The van der Waals surface area contributed by atoms with Crippen LogP contribution in [0.5, 0.6) is 0 Å². The SMILES string of the molecule is Cn1cc(C(=O)CNC(=O)C2CCC2)c2ccccc21. The number of aryl methyl sites for hydroxylation is 1. The van der Waals surface area contributed by atoms with Crippen molar-refractivity contribution >= 4 is 22.6 Å². The summed E-state index contributed by atoms with van der Waals surface area (Å²) >= 11 is 0. The maximum atomic E-state index is 12.3. The molecule has 0 bridgehead atoms. The van der Waals surface area contributed by atoms with Crippen molar-refractivity contribution in [2.45, 2.75) is 19.3 Å². The average Bonchev–Trinajstić information content (AvgIpc) is 2.72. The number of benzene rings is 1. The van der Waals surface area contributed by atoms with Gasteiger partial charge in [0.2, 0.25) is 5.91 Å². The number of carbonyl (C=O) groups is 2. The molecule has 1 heterocycles. The molecule has 1 aromatic heterocycles. The summed E-state index contributed by atoms with van der Waals surface area (Å²) in [5.74, 6) is 0.106. The van der Waals surface area contributed by atoms with Gasteiger partial charge in [0, 0.05) is 35.6 Å². The maximum Gasteiger partial charge on any atom is 0.223 e. The zero-order chi connectivity index (χ0) is 14.1. The van der Waals surface area contributed by atoms with Gasteiger partial charge in [0.25, 0.3) is 0 Å². The Balaban J connectivity index is 1.74. The van der Waals surface area contributed by atoms with Crippen LogP contribution in [0.3, 0.4) is 0 Å². The molecule has 0 radical (unpaired) electrons. The summed E-state index contributed by atoms with van der Waals surface area (Å²) in [5.41, 5.74) is 1.71. The summed E-state index contributed by atoms with van der Waals surface area (Å²) in [4.78, 5) is 24.0. The van der Waals surface area contributed by atoms with Crippen LogP contribution < -0.4 is 5.32 Å². The van der Waals surface area contributed by atoms with E-state index < -0.39 is 0 Å². The number of aromatic nitrogens is 1. The van der Waals surface area contributed by atoms with Crippen molar-refractivity contribution in [3.63, 3.8) is 0 Å². The molecular weight excluding hydrogens is 252 g/mol. The highest BCUT2D eigenvalue weighted by atomic mass is 16.2. The Hall–Kier alpha value is -2.10. The molecule has 104 valence electrons. The molecule has 3 rings (SSSR count). The number of fused-ring (bicyclic) bond motifs is 1. The lowest BCUT2D eigenvalue weighted by Crippen LogP contribution is -2.37. The van der Waals surface area contributed by atoms with E-state index in [1.54, 1.807) is 0 Å². The van der Waals surface area contributed by atoms with Gasteiger partial charge < -0.3 is 9.88 Å². The minimum absolute atomic E-state index is 0.0184. The zero-order valence-electron chi connectivity index (χ0n) is 11.6. The van der Waals surface area contributed by atoms with Gasteiger partial charge in [-0.25, -0.2) is 0 Å². The fraction of sp³-hybridized carbons (Fsp3) is 0.375. The molecule has 1 aromatic carbocycles. The van der Waals surface area contributed by atoms with Crippen molar-refractivity contribution in [1.82, 2.24) is 9.88 Å². The number of para-hydroxylation sites is 1. The van der Waals surface area contributed by atoms with Gasteiger partial charge in [-0.3, -0.25) is 9.59 Å². The van der Waals surface area contributed by atoms with E-state index in [-0.39, 0.29) is 24.2 Å². The summed E-state index contributed by atoms with van der Waals surface area (Å²) in [6.07, 6.45) is 4.86. The molecular formula is C16H18N2O2. The normalized spacial score (nSPS) is 15.1. The summed E-state index contributed by atoms with van der Waals surface area (Å²) < 4.78 is 1.94. The number of nitrogens with zero attached hydrogens (tertiary/aromatic N) is 1. The Morgan fingerprint density at radius 2 is 2.05 bits per heavy atom. The van der Waals surface area contributed by atoms with E-state index in [0.717, 1.165) is 30.2 Å². The largest absolute Gasteiger partial charge is 0.350 e. The van der Waals surface area contributed by atoms with Crippen LogP contribution in [-0.2, 0) is 11.8 Å². The van der Waals surface area contributed by atoms with Crippen LogP contribution in [0, 0.1) is 5.92 Å². The van der Waals surface area contributed by atoms with Crippen molar-refractivity contribution < 1.29 is 9.59 Å². The fourth-order valence-corrected chi connectivity index (χ4v) is 2.64. The lowest BCUT2D eigenvalue weighted by atomic mass is 9.85. The topological polar surface area (TPSA) is 51.1 Å². The van der Waals surface area contributed by atoms with Crippen LogP contribution >= 0.6 is 0 Å². The maximum absolute atomic E-state index is 12.3. The number of rotatable bonds is 4. The molecule has 1 aliphatic carbocycles. The third kappa shape index (κ3) is 2.22. The van der Waals surface area contributed by atoms with E-state index in [0.29, 0.717) is 5.56 Å². The number of hydrogen-bond donors (Lipinski definition) is 1. The van der Waals surface area contributed by atoms with Crippen molar-refractivity contribution in [1.29, 1.82) is 0 Å². The Kier molecular flexibility index (Phi) is 3.30. The van der Waals surface area contributed by atoms with Crippen LogP contribution in [0.25, 0.3) is 10.9 Å². The highest BCUT2D eigenvalue weighted by Gasteiger charge is 2.25. The molecule has 4 heteroatoms. The van der Waals surface area contributed by atoms with E-state index in [1.807, 2.05) is 42.1 Å². The number of nitrogens with one attached hydrogen (secondary N) is 1. The molecule has 1 amide bonds. The van der Waals surface area contributed by atoms with E-state index in [4.69, 9.17) is 0 Å². The summed E-state index contributed by atoms with van der Waals surface area (Å²) in [5, 5.41) is 3.70. The molecule has 0 spiro atoms. The molecule has 1 saturated carbocycles. The molecule has 1 aliphatic rings. The van der Waals surface area contributed by atoms with Crippen LogP contribution in [0.15, 0.2) is 30.5 Å². The quantitative estimate of drug-likeness (QED) is 0.866. The van der Waals surface area contributed by atoms with Crippen LogP contribution in [-0.4, -0.2) is 22.8 Å². The third-order valence-corrected chi connectivity index (χ3v) is 4.10. The number of hydrogen-bond acceptors (Lipinski definition) is 2. The molecule has 0 saturated heterocycles. The van der Waals surface area contributed by atoms with Gasteiger partial charge in [-0.15, -0.1) is 0 Å². The van der Waals surface area contributed by atoms with Gasteiger partial charge in [0.05, 0.1) is 6.54 Å². The van der Waals surface area contributed by atoms with Crippen LogP contribution in [0.1, 0.15) is 29.6 Å². The molecule has 4 nitrogen and oxygen atoms in total. The predicted octanol–water partition coefficient (Wildman–Crippen LogP) is 2.28. The number of amides is 1. The smallest absolute Gasteiger partial charge is 0.223 e. The summed E-state index contributed by atoms with van der Waals surface area (Å²) in [6, 6.07) is 7.80. The van der Waals surface area contributed by atoms with Gasteiger partial charge in [-0.2, -0.15) is 0 Å². The van der Waals surface area contributed by atoms with Crippen molar-refractivity contribution in [2.75, 3.05) is 6.54 Å². The van der Waals surface area contributed by atoms with Gasteiger partial charge in [0.1, 0.15) is 0 Å². The van der Waals surface area contributed by atoms with Crippen molar-refractivity contribution in [2.24, 2.45) is 13.0 Å². The van der Waals surface area contributed by atoms with E-state index >= 15 is 0 Å². The molecule has 0 atom stereocenters. The Labute approximate surface area is 117 Å². The van der Waals surface area contributed by atoms with Gasteiger partial charge in [-0.05, 0) is 18.9 Å². The standard InChI is InChI=1S/C16H18N2O2/c1-18-10-13(12-7-2-3-8-14(12)18)15(19)9-17-16(20)11-5-4-6-11/h2-3,7-8,10-11H,4-6,9H2,1H3,(H,17,20). The molecule has 20 heavy (non-hydrogen) atoms.